The number of thioether (sulfide) groups is 1. The molecule has 36 heavy (non-hydrogen) atoms. The average Bonchev–Trinajstić information content (AvgIpc) is 3.48. The number of anilines is 1. The van der Waals surface area contributed by atoms with Crippen LogP contribution in [0, 0.1) is 5.92 Å². The lowest BCUT2D eigenvalue weighted by Gasteiger charge is -2.10. The van der Waals surface area contributed by atoms with Gasteiger partial charge in [0.05, 0.1) is 23.1 Å². The first kappa shape index (κ1) is 26.5. The Morgan fingerprint density at radius 3 is 2.64 bits per heavy atom. The van der Waals surface area contributed by atoms with Crippen LogP contribution in [0.3, 0.4) is 0 Å². The topological polar surface area (TPSA) is 81.9 Å². The molecule has 188 valence electrons. The van der Waals surface area contributed by atoms with Crippen molar-refractivity contribution in [2.75, 3.05) is 17.7 Å². The molecule has 2 heterocycles. The first-order valence-electron chi connectivity index (χ1n) is 11.3. The Morgan fingerprint density at radius 1 is 1.17 bits per heavy atom. The molecule has 0 unspecified atom stereocenters. The van der Waals surface area contributed by atoms with Gasteiger partial charge < -0.3 is 14.6 Å². The van der Waals surface area contributed by atoms with Crippen LogP contribution < -0.4 is 10.1 Å². The van der Waals surface area contributed by atoms with Crippen LogP contribution in [0.4, 0.5) is 5.13 Å². The van der Waals surface area contributed by atoms with Crippen LogP contribution in [-0.2, 0) is 11.3 Å². The van der Waals surface area contributed by atoms with Crippen molar-refractivity contribution in [2.24, 2.45) is 5.92 Å². The Balaban J connectivity index is 1.37. The van der Waals surface area contributed by atoms with E-state index in [0.29, 0.717) is 45.1 Å². The van der Waals surface area contributed by atoms with Crippen LogP contribution in [0.2, 0.25) is 10.0 Å². The van der Waals surface area contributed by atoms with Crippen molar-refractivity contribution < 1.29 is 9.53 Å². The number of carbonyl (C=O) groups excluding carboxylic acids is 1. The van der Waals surface area contributed by atoms with E-state index in [4.69, 9.17) is 27.9 Å². The standard InChI is InChI=1S/C25H25Cl2N5O2S2/c1-4-32-23(16-5-8-18(9-6-16)34-12-15(2)3)30-31-25(32)36-14-22(33)29-24-28-21(13-35-24)19-10-7-17(26)11-20(19)27/h5-11,13,15H,4,12,14H2,1-3H3,(H,28,29,33). The van der Waals surface area contributed by atoms with E-state index in [2.05, 4.69) is 34.3 Å². The van der Waals surface area contributed by atoms with E-state index in [9.17, 15) is 4.79 Å². The molecule has 1 amide bonds. The van der Waals surface area contributed by atoms with E-state index in [1.165, 1.54) is 23.1 Å². The van der Waals surface area contributed by atoms with Crippen molar-refractivity contribution in [1.82, 2.24) is 19.7 Å². The zero-order chi connectivity index (χ0) is 25.7. The lowest BCUT2D eigenvalue weighted by Crippen LogP contribution is -2.14. The molecule has 0 aliphatic rings. The molecule has 0 saturated heterocycles. The Kier molecular flexibility index (Phi) is 8.90. The monoisotopic (exact) mass is 561 g/mol. The van der Waals surface area contributed by atoms with Crippen LogP contribution in [0.1, 0.15) is 20.8 Å². The van der Waals surface area contributed by atoms with Gasteiger partial charge in [0.2, 0.25) is 5.91 Å². The van der Waals surface area contributed by atoms with Gasteiger partial charge in [0.15, 0.2) is 16.1 Å². The smallest absolute Gasteiger partial charge is 0.236 e. The Hall–Kier alpha value is -2.59. The molecule has 0 aliphatic heterocycles. The predicted octanol–water partition coefficient (Wildman–Crippen LogP) is 7.16. The Labute approximate surface area is 228 Å². The SMILES string of the molecule is CCn1c(SCC(=O)Nc2nc(-c3ccc(Cl)cc3Cl)cs2)nnc1-c1ccc(OCC(C)C)cc1. The highest BCUT2D eigenvalue weighted by molar-refractivity contribution is 7.99. The van der Waals surface area contributed by atoms with Crippen molar-refractivity contribution in [1.29, 1.82) is 0 Å². The highest BCUT2D eigenvalue weighted by atomic mass is 35.5. The number of carbonyl (C=O) groups is 1. The second-order valence-corrected chi connectivity index (χ2v) is 10.9. The summed E-state index contributed by atoms with van der Waals surface area (Å²) in [6.45, 7) is 7.60. The minimum atomic E-state index is -0.179. The van der Waals surface area contributed by atoms with Crippen LogP contribution in [-0.4, -0.2) is 38.0 Å². The summed E-state index contributed by atoms with van der Waals surface area (Å²) in [6.07, 6.45) is 0. The van der Waals surface area contributed by atoms with Crippen molar-refractivity contribution in [3.05, 3.63) is 57.9 Å². The van der Waals surface area contributed by atoms with Gasteiger partial charge >= 0.3 is 0 Å². The number of ether oxygens (including phenoxy) is 1. The largest absolute Gasteiger partial charge is 0.493 e. The van der Waals surface area contributed by atoms with Gasteiger partial charge in [0.25, 0.3) is 0 Å². The van der Waals surface area contributed by atoms with Crippen LogP contribution in [0.25, 0.3) is 22.6 Å². The fourth-order valence-electron chi connectivity index (χ4n) is 3.29. The molecule has 7 nitrogen and oxygen atoms in total. The number of nitrogens with one attached hydrogen (secondary N) is 1. The van der Waals surface area contributed by atoms with Crippen molar-refractivity contribution in [3.8, 4) is 28.4 Å². The van der Waals surface area contributed by atoms with E-state index < -0.39 is 0 Å². The van der Waals surface area contributed by atoms with Crippen LogP contribution in [0.15, 0.2) is 53.0 Å². The third kappa shape index (κ3) is 6.59. The average molecular weight is 563 g/mol. The number of halogens is 2. The zero-order valence-corrected chi connectivity index (χ0v) is 23.1. The van der Waals surface area contributed by atoms with Crippen molar-refractivity contribution in [3.63, 3.8) is 0 Å². The predicted molar refractivity (Wildman–Crippen MR) is 148 cm³/mol. The molecule has 0 fully saturated rings. The highest BCUT2D eigenvalue weighted by Crippen LogP contribution is 2.32. The Bertz CT molecular complexity index is 1340. The summed E-state index contributed by atoms with van der Waals surface area (Å²) in [7, 11) is 0. The van der Waals surface area contributed by atoms with Crippen LogP contribution in [0.5, 0.6) is 5.75 Å². The summed E-state index contributed by atoms with van der Waals surface area (Å²) in [4.78, 5) is 17.1. The van der Waals surface area contributed by atoms with Gasteiger partial charge in [0, 0.05) is 28.1 Å². The number of hydrogen-bond acceptors (Lipinski definition) is 7. The van der Waals surface area contributed by atoms with E-state index in [1.54, 1.807) is 12.1 Å². The molecular formula is C25H25Cl2N5O2S2. The lowest BCUT2D eigenvalue weighted by atomic mass is 10.2. The normalized spacial score (nSPS) is 11.2. The number of amides is 1. The van der Waals surface area contributed by atoms with E-state index in [1.807, 2.05) is 47.2 Å². The third-order valence-electron chi connectivity index (χ3n) is 5.02. The number of rotatable bonds is 10. The molecule has 1 N–H and O–H groups in total. The quantitative estimate of drug-likeness (QED) is 0.207. The Morgan fingerprint density at radius 2 is 1.94 bits per heavy atom. The zero-order valence-electron chi connectivity index (χ0n) is 20.0. The first-order valence-corrected chi connectivity index (χ1v) is 14.0. The summed E-state index contributed by atoms with van der Waals surface area (Å²) in [5, 5.41) is 15.6. The summed E-state index contributed by atoms with van der Waals surface area (Å²) >= 11 is 14.9. The van der Waals surface area contributed by atoms with Gasteiger partial charge in [-0.15, -0.1) is 21.5 Å². The van der Waals surface area contributed by atoms with Crippen molar-refractivity contribution in [2.45, 2.75) is 32.5 Å². The fraction of sp³-hybridized carbons (Fsp3) is 0.280. The molecule has 2 aromatic heterocycles. The third-order valence-corrected chi connectivity index (χ3v) is 7.29. The number of aromatic nitrogens is 4. The number of thiazole rings is 1. The molecule has 0 saturated carbocycles. The maximum atomic E-state index is 12.6. The lowest BCUT2D eigenvalue weighted by molar-refractivity contribution is -0.113. The summed E-state index contributed by atoms with van der Waals surface area (Å²) in [6, 6.07) is 13.0. The molecule has 0 aliphatic carbocycles. The van der Waals surface area contributed by atoms with Gasteiger partial charge in [-0.25, -0.2) is 4.98 Å². The first-order chi connectivity index (χ1) is 17.3. The van der Waals surface area contributed by atoms with Gasteiger partial charge in [-0.1, -0.05) is 48.8 Å². The van der Waals surface area contributed by atoms with E-state index in [0.717, 1.165) is 22.7 Å². The number of benzene rings is 2. The molecule has 2 aromatic carbocycles. The molecule has 0 spiro atoms. The minimum absolute atomic E-state index is 0.177. The van der Waals surface area contributed by atoms with Gasteiger partial charge in [-0.05, 0) is 55.3 Å². The second-order valence-electron chi connectivity index (χ2n) is 8.28. The van der Waals surface area contributed by atoms with Gasteiger partial charge in [-0.2, -0.15) is 0 Å². The molecule has 4 rings (SSSR count). The fourth-order valence-corrected chi connectivity index (χ4v) is 5.33. The maximum absolute atomic E-state index is 12.6. The number of nitrogens with zero attached hydrogens (tertiary/aromatic N) is 4. The maximum Gasteiger partial charge on any atom is 0.236 e. The van der Waals surface area contributed by atoms with Gasteiger partial charge in [-0.3, -0.25) is 4.79 Å². The molecule has 4 aromatic rings. The summed E-state index contributed by atoms with van der Waals surface area (Å²) in [5.74, 6) is 2.04. The molecular weight excluding hydrogens is 537 g/mol. The molecule has 0 bridgehead atoms. The molecule has 0 atom stereocenters. The second kappa shape index (κ2) is 12.1. The summed E-state index contributed by atoms with van der Waals surface area (Å²) < 4.78 is 7.76. The van der Waals surface area contributed by atoms with E-state index in [-0.39, 0.29) is 11.7 Å². The minimum Gasteiger partial charge on any atom is -0.493 e. The molecule has 0 radical (unpaired) electrons. The summed E-state index contributed by atoms with van der Waals surface area (Å²) in [5.41, 5.74) is 2.38. The van der Waals surface area contributed by atoms with Gasteiger partial charge in [0.1, 0.15) is 5.75 Å². The number of hydrogen-bond donors (Lipinski definition) is 1. The van der Waals surface area contributed by atoms with Crippen molar-refractivity contribution >= 4 is 57.3 Å². The van der Waals surface area contributed by atoms with E-state index >= 15 is 0 Å². The van der Waals surface area contributed by atoms with Crippen LogP contribution >= 0.6 is 46.3 Å². The molecule has 11 heteroatoms. The highest BCUT2D eigenvalue weighted by Gasteiger charge is 2.16.